The molecule has 0 radical (unpaired) electrons. The maximum atomic E-state index is 9.77. The number of rotatable bonds is 33. The van der Waals surface area contributed by atoms with Crippen molar-refractivity contribution in [3.63, 3.8) is 0 Å². The largest absolute Gasteiger partial charge is 0.635 e. The fourth-order valence-electron chi connectivity index (χ4n) is 8.81. The molecule has 0 amide bonds. The van der Waals surface area contributed by atoms with Crippen molar-refractivity contribution in [1.29, 1.82) is 0 Å². The van der Waals surface area contributed by atoms with E-state index < -0.39 is 12.9 Å². The van der Waals surface area contributed by atoms with E-state index in [1.807, 2.05) is 93.6 Å². The summed E-state index contributed by atoms with van der Waals surface area (Å²) in [5, 5.41) is 19.5. The third-order valence-electron chi connectivity index (χ3n) is 12.6. The lowest BCUT2D eigenvalue weighted by Crippen LogP contribution is -2.50. The highest BCUT2D eigenvalue weighted by Crippen LogP contribution is 2.41. The summed E-state index contributed by atoms with van der Waals surface area (Å²) in [5.41, 5.74) is 4.76. The van der Waals surface area contributed by atoms with Crippen LogP contribution in [-0.2, 0) is 10.3 Å². The zero-order valence-corrected chi connectivity index (χ0v) is 39.6. The fraction of sp³-hybridized carbons (Fsp3) is 0.667. The van der Waals surface area contributed by atoms with Crippen LogP contribution in [0.2, 0.25) is 0 Å². The van der Waals surface area contributed by atoms with Crippen molar-refractivity contribution >= 4 is 7.32 Å². The van der Waals surface area contributed by atoms with E-state index in [4.69, 9.17) is 4.65 Å². The normalized spacial score (nSPS) is 11.7. The van der Waals surface area contributed by atoms with Crippen LogP contribution in [0.25, 0.3) is 0 Å². The predicted molar refractivity (Wildman–Crippen MR) is 258 cm³/mol. The van der Waals surface area contributed by atoms with E-state index in [1.54, 1.807) is 0 Å². The number of hydrogen-bond acceptors (Lipinski definition) is 3. The van der Waals surface area contributed by atoms with Crippen molar-refractivity contribution in [1.82, 2.24) is 0 Å². The van der Waals surface area contributed by atoms with Crippen LogP contribution in [0.1, 0.15) is 215 Å². The van der Waals surface area contributed by atoms with Gasteiger partial charge >= 0.3 is 7.32 Å². The Morgan fingerprint density at radius 1 is 0.373 bits per heavy atom. The quantitative estimate of drug-likeness (QED) is 0.0279. The number of hydrogen-bond donors (Lipinski definition) is 2. The molecule has 3 rings (SSSR count). The van der Waals surface area contributed by atoms with Crippen LogP contribution < -0.4 is 0 Å². The smallest absolute Gasteiger partial charge is 0.402 e. The van der Waals surface area contributed by atoms with Gasteiger partial charge in [0.05, 0.1) is 26.2 Å². The lowest BCUT2D eigenvalue weighted by molar-refractivity contribution is -0.929. The third kappa shape index (κ3) is 21.3. The Labute approximate surface area is 365 Å². The molecule has 5 heteroatoms. The highest BCUT2D eigenvalue weighted by atomic mass is 16.6. The molecule has 0 fully saturated rings. The molecule has 0 saturated heterocycles. The van der Waals surface area contributed by atoms with E-state index >= 15 is 0 Å². The molecule has 4 nitrogen and oxygen atoms in total. The molecule has 59 heavy (non-hydrogen) atoms. The van der Waals surface area contributed by atoms with Gasteiger partial charge in [0.2, 0.25) is 0 Å². The Morgan fingerprint density at radius 3 is 0.814 bits per heavy atom. The van der Waals surface area contributed by atoms with Gasteiger partial charge in [0.1, 0.15) is 5.60 Å². The van der Waals surface area contributed by atoms with Crippen LogP contribution in [0.15, 0.2) is 72.8 Å². The second-order valence-electron chi connectivity index (χ2n) is 18.0. The monoisotopic (exact) mass is 813 g/mol. The van der Waals surface area contributed by atoms with Gasteiger partial charge < -0.3 is 19.2 Å². The number of benzene rings is 3. The lowest BCUT2D eigenvalue weighted by Gasteiger charge is -2.40. The summed E-state index contributed by atoms with van der Waals surface area (Å²) in [6.45, 7) is 21.3. The van der Waals surface area contributed by atoms with E-state index in [-0.39, 0.29) is 0 Å². The zero-order valence-electron chi connectivity index (χ0n) is 39.6. The highest BCUT2D eigenvalue weighted by molar-refractivity contribution is 6.33. The van der Waals surface area contributed by atoms with Crippen LogP contribution in [0.5, 0.6) is 0 Å². The average molecular weight is 813 g/mol. The van der Waals surface area contributed by atoms with E-state index in [1.165, 1.54) is 185 Å². The molecule has 0 atom stereocenters. The molecule has 0 unspecified atom stereocenters. The summed E-state index contributed by atoms with van der Waals surface area (Å²) in [5.74, 6) is 0. The summed E-state index contributed by atoms with van der Waals surface area (Å²) in [7, 11) is -1.92. The van der Waals surface area contributed by atoms with E-state index in [2.05, 4.69) is 27.7 Å². The fourth-order valence-corrected chi connectivity index (χ4v) is 8.81. The molecule has 332 valence electrons. The Kier molecular flexibility index (Phi) is 28.9. The second-order valence-corrected chi connectivity index (χ2v) is 18.0. The van der Waals surface area contributed by atoms with Crippen molar-refractivity contribution in [2.24, 2.45) is 0 Å². The minimum atomic E-state index is -1.92. The van der Waals surface area contributed by atoms with Gasteiger partial charge in [0.25, 0.3) is 0 Å². The second kappa shape index (κ2) is 32.3. The first-order valence-electron chi connectivity index (χ1n) is 24.8. The highest BCUT2D eigenvalue weighted by Gasteiger charge is 2.41. The van der Waals surface area contributed by atoms with Gasteiger partial charge in [-0.25, -0.2) is 0 Å². The first-order chi connectivity index (χ1) is 28.7. The van der Waals surface area contributed by atoms with Gasteiger partial charge in [-0.05, 0) is 88.8 Å². The summed E-state index contributed by atoms with van der Waals surface area (Å²) < 4.78 is 7.30. The number of aryl methyl sites for hydroxylation is 3. The molecular formula is C54H91BNO3+. The van der Waals surface area contributed by atoms with Crippen molar-refractivity contribution < 1.29 is 19.2 Å². The topological polar surface area (TPSA) is 49.7 Å². The molecule has 3 aromatic carbocycles. The lowest BCUT2D eigenvalue weighted by atomic mass is 9.78. The van der Waals surface area contributed by atoms with Gasteiger partial charge in [-0.3, -0.25) is 0 Å². The Morgan fingerprint density at radius 2 is 0.593 bits per heavy atom. The first-order valence-corrected chi connectivity index (χ1v) is 24.8. The SMILES string of the molecule is CCCCCCCC[N+](CCCCCCCC)(CCCCCCCC)CCCCCCCC.Cc1ccc(C(OB(O)O)(c2ccc(C)cc2)c2ccc(C)cc2)cc1. The number of unbranched alkanes of at least 4 members (excludes halogenated alkanes) is 20. The molecule has 0 heterocycles. The molecule has 0 spiro atoms. The van der Waals surface area contributed by atoms with Gasteiger partial charge in [0.15, 0.2) is 0 Å². The van der Waals surface area contributed by atoms with E-state index in [9.17, 15) is 10.0 Å². The zero-order chi connectivity index (χ0) is 43.0. The maximum absolute atomic E-state index is 9.77. The molecule has 0 aliphatic carbocycles. The summed E-state index contributed by atoms with van der Waals surface area (Å²) >= 11 is 0. The molecule has 0 bridgehead atoms. The molecule has 0 saturated carbocycles. The molecule has 0 aliphatic rings. The number of nitrogens with zero attached hydrogens (tertiary/aromatic N) is 1. The Bertz CT molecular complexity index is 1220. The van der Waals surface area contributed by atoms with Crippen LogP contribution in [0.4, 0.5) is 0 Å². The Hall–Kier alpha value is -2.44. The average Bonchev–Trinajstić information content (AvgIpc) is 3.23. The minimum Gasteiger partial charge on any atom is -0.402 e. The van der Waals surface area contributed by atoms with Crippen LogP contribution in [0, 0.1) is 20.8 Å². The predicted octanol–water partition coefficient (Wildman–Crippen LogP) is 15.1. The maximum Gasteiger partial charge on any atom is 0.635 e. The summed E-state index contributed by atoms with van der Waals surface area (Å²) in [6, 6.07) is 23.8. The molecule has 2 N–H and O–H groups in total. The van der Waals surface area contributed by atoms with Gasteiger partial charge in [-0.15, -0.1) is 0 Å². The van der Waals surface area contributed by atoms with Crippen molar-refractivity contribution in [3.05, 3.63) is 106 Å². The Balaban J connectivity index is 0.000000416. The van der Waals surface area contributed by atoms with Crippen molar-refractivity contribution in [2.75, 3.05) is 26.2 Å². The van der Waals surface area contributed by atoms with Crippen molar-refractivity contribution in [2.45, 2.75) is 208 Å². The van der Waals surface area contributed by atoms with Gasteiger partial charge in [-0.2, -0.15) is 0 Å². The standard InChI is InChI=1S/C32H68N.C22H23BO3/c1-5-9-13-17-21-25-29-33(30-26-22-18-14-10-6-2,31-27-23-19-15-11-7-3)32-28-24-20-16-12-8-4;1-16-4-10-19(11-5-16)22(26-23(24)25,20-12-6-17(2)7-13-20)21-14-8-18(3)9-15-21/h5-32H2,1-4H3;4-15,24-25H,1-3H3/q+1;. The van der Waals surface area contributed by atoms with Crippen LogP contribution in [0.3, 0.4) is 0 Å². The van der Waals surface area contributed by atoms with Crippen molar-refractivity contribution in [3.8, 4) is 0 Å². The number of quaternary nitrogens is 1. The van der Waals surface area contributed by atoms with Gasteiger partial charge in [-0.1, -0.05) is 220 Å². The molecule has 0 aliphatic heterocycles. The summed E-state index contributed by atoms with van der Waals surface area (Å²) in [6.07, 6.45) is 34.8. The van der Waals surface area contributed by atoms with E-state index in [0.29, 0.717) is 0 Å². The summed E-state index contributed by atoms with van der Waals surface area (Å²) in [4.78, 5) is 0. The van der Waals surface area contributed by atoms with Crippen LogP contribution in [-0.4, -0.2) is 48.0 Å². The minimum absolute atomic E-state index is 0.837. The van der Waals surface area contributed by atoms with Gasteiger partial charge in [0, 0.05) is 0 Å². The molecular weight excluding hydrogens is 721 g/mol. The third-order valence-corrected chi connectivity index (χ3v) is 12.6. The molecule has 3 aromatic rings. The van der Waals surface area contributed by atoms with E-state index in [0.717, 1.165) is 33.4 Å². The van der Waals surface area contributed by atoms with Crippen LogP contribution >= 0.6 is 0 Å². The first kappa shape index (κ1) is 52.7. The molecule has 0 aromatic heterocycles.